The van der Waals surface area contributed by atoms with Gasteiger partial charge < -0.3 is 10.6 Å². The minimum absolute atomic E-state index is 0. The van der Waals surface area contributed by atoms with Crippen molar-refractivity contribution >= 4 is 39.8 Å². The van der Waals surface area contributed by atoms with Gasteiger partial charge in [-0.2, -0.15) is 0 Å². The number of hydrogen-bond donors (Lipinski definition) is 2. The highest BCUT2D eigenvalue weighted by atomic mass is 127. The minimum atomic E-state index is -3.21. The first-order chi connectivity index (χ1) is 13.2. The van der Waals surface area contributed by atoms with Crippen LogP contribution in [0.1, 0.15) is 31.0 Å². The summed E-state index contributed by atoms with van der Waals surface area (Å²) >= 11 is 0. The molecule has 0 heterocycles. The van der Waals surface area contributed by atoms with Crippen LogP contribution in [-0.4, -0.2) is 33.7 Å². The van der Waals surface area contributed by atoms with Gasteiger partial charge in [-0.25, -0.2) is 17.2 Å². The molecule has 2 aromatic carbocycles. The summed E-state index contributed by atoms with van der Waals surface area (Å²) in [5, 5.41) is 6.20. The fraction of sp³-hybridized carbons (Fsp3) is 0.350. The third kappa shape index (κ3) is 7.88. The molecule has 2 N–H and O–H groups in total. The molecule has 0 bridgehead atoms. The third-order valence-electron chi connectivity index (χ3n) is 4.15. The molecule has 2 aromatic rings. The first kappa shape index (κ1) is 25.3. The maximum Gasteiger partial charge on any atom is 0.191 e. The summed E-state index contributed by atoms with van der Waals surface area (Å²) in [5.74, 6) is -0.704. The second kappa shape index (κ2) is 11.4. The van der Waals surface area contributed by atoms with Gasteiger partial charge in [0.05, 0.1) is 10.9 Å². The minimum Gasteiger partial charge on any atom is -0.357 e. The van der Waals surface area contributed by atoms with Crippen molar-refractivity contribution in [2.24, 2.45) is 4.99 Å². The Labute approximate surface area is 188 Å². The summed E-state index contributed by atoms with van der Waals surface area (Å²) in [4.78, 5) is 4.75. The Bertz CT molecular complexity index is 935. The predicted octanol–water partition coefficient (Wildman–Crippen LogP) is 3.85. The van der Waals surface area contributed by atoms with Gasteiger partial charge >= 0.3 is 0 Å². The lowest BCUT2D eigenvalue weighted by Gasteiger charge is -2.18. The van der Waals surface area contributed by atoms with Crippen molar-refractivity contribution in [3.8, 4) is 0 Å². The number of guanidine groups is 1. The summed E-state index contributed by atoms with van der Waals surface area (Å²) in [6, 6.07) is 9.79. The van der Waals surface area contributed by atoms with Crippen LogP contribution in [-0.2, 0) is 16.3 Å². The summed E-state index contributed by atoms with van der Waals surface area (Å²) in [7, 11) is -3.21. The zero-order valence-electron chi connectivity index (χ0n) is 16.6. The average molecular weight is 537 g/mol. The lowest BCUT2D eigenvalue weighted by Crippen LogP contribution is -2.39. The van der Waals surface area contributed by atoms with Crippen LogP contribution in [0.3, 0.4) is 0 Å². The van der Waals surface area contributed by atoms with Crippen molar-refractivity contribution in [2.75, 3.05) is 19.3 Å². The topological polar surface area (TPSA) is 70.6 Å². The Kier molecular flexibility index (Phi) is 9.97. The summed E-state index contributed by atoms with van der Waals surface area (Å²) < 4.78 is 50.0. The van der Waals surface area contributed by atoms with E-state index in [4.69, 9.17) is 0 Å². The molecule has 9 heteroatoms. The maximum absolute atomic E-state index is 13.9. The van der Waals surface area contributed by atoms with E-state index in [2.05, 4.69) is 15.6 Å². The number of halogens is 3. The van der Waals surface area contributed by atoms with Crippen LogP contribution in [0.25, 0.3) is 0 Å². The van der Waals surface area contributed by atoms with Crippen molar-refractivity contribution < 1.29 is 17.2 Å². The first-order valence-corrected chi connectivity index (χ1v) is 10.9. The quantitative estimate of drug-likeness (QED) is 0.320. The van der Waals surface area contributed by atoms with Crippen LogP contribution < -0.4 is 10.6 Å². The van der Waals surface area contributed by atoms with Gasteiger partial charge in [-0.3, -0.25) is 4.99 Å². The largest absolute Gasteiger partial charge is 0.357 e. The number of sulfone groups is 1. The van der Waals surface area contributed by atoms with E-state index in [0.717, 1.165) is 11.6 Å². The molecule has 0 saturated carbocycles. The van der Waals surface area contributed by atoms with Gasteiger partial charge in [0.1, 0.15) is 11.6 Å². The van der Waals surface area contributed by atoms with E-state index in [1.54, 1.807) is 31.2 Å². The van der Waals surface area contributed by atoms with Crippen molar-refractivity contribution in [1.29, 1.82) is 0 Å². The number of rotatable bonds is 7. The van der Waals surface area contributed by atoms with Gasteiger partial charge in [-0.05, 0) is 44.0 Å². The lowest BCUT2D eigenvalue weighted by atomic mass is 10.1. The first-order valence-electron chi connectivity index (χ1n) is 8.99. The second-order valence-corrected chi connectivity index (χ2v) is 8.47. The van der Waals surface area contributed by atoms with Gasteiger partial charge in [0.2, 0.25) is 0 Å². The van der Waals surface area contributed by atoms with Crippen LogP contribution in [0.2, 0.25) is 0 Å². The van der Waals surface area contributed by atoms with E-state index in [9.17, 15) is 17.2 Å². The van der Waals surface area contributed by atoms with Crippen LogP contribution in [0.15, 0.2) is 52.4 Å². The van der Waals surface area contributed by atoms with Gasteiger partial charge in [0.15, 0.2) is 15.8 Å². The lowest BCUT2D eigenvalue weighted by molar-refractivity contribution is 0.551. The fourth-order valence-electron chi connectivity index (χ4n) is 2.66. The number of nitrogens with zero attached hydrogens (tertiary/aromatic N) is 1. The van der Waals surface area contributed by atoms with Crippen molar-refractivity contribution in [3.63, 3.8) is 0 Å². The maximum atomic E-state index is 13.9. The predicted molar refractivity (Wildman–Crippen MR) is 123 cm³/mol. The second-order valence-electron chi connectivity index (χ2n) is 6.46. The number of benzene rings is 2. The summed E-state index contributed by atoms with van der Waals surface area (Å²) in [5.41, 5.74) is 1.31. The van der Waals surface area contributed by atoms with Gasteiger partial charge in [0, 0.05) is 31.0 Å². The smallest absolute Gasteiger partial charge is 0.191 e. The molecule has 1 unspecified atom stereocenters. The van der Waals surface area contributed by atoms with Gasteiger partial charge in [-0.15, -0.1) is 24.0 Å². The molecule has 2 rings (SSSR count). The van der Waals surface area contributed by atoms with E-state index < -0.39 is 27.5 Å². The van der Waals surface area contributed by atoms with Crippen LogP contribution in [0.5, 0.6) is 0 Å². The van der Waals surface area contributed by atoms with E-state index >= 15 is 0 Å². The molecular weight excluding hydrogens is 511 g/mol. The molecule has 0 aromatic heterocycles. The number of aliphatic imine (C=N–C) groups is 1. The monoisotopic (exact) mass is 537 g/mol. The summed E-state index contributed by atoms with van der Waals surface area (Å²) in [6.45, 7) is 4.79. The Morgan fingerprint density at radius 3 is 2.34 bits per heavy atom. The molecular formula is C20H26F2IN3O2S. The van der Waals surface area contributed by atoms with Crippen molar-refractivity contribution in [1.82, 2.24) is 10.6 Å². The molecule has 1 atom stereocenters. The number of nitrogens with one attached hydrogen (secondary N) is 2. The highest BCUT2D eigenvalue weighted by molar-refractivity contribution is 14.0. The zero-order chi connectivity index (χ0) is 20.7. The molecule has 0 radical (unpaired) electrons. The summed E-state index contributed by atoms with van der Waals surface area (Å²) in [6.07, 6.45) is 1.80. The van der Waals surface area contributed by atoms with Crippen molar-refractivity contribution in [2.45, 2.75) is 31.2 Å². The van der Waals surface area contributed by atoms with E-state index in [-0.39, 0.29) is 28.9 Å². The van der Waals surface area contributed by atoms with Crippen LogP contribution in [0.4, 0.5) is 8.78 Å². The SMILES string of the molecule is CCNC(=NCCc1ccc(S(C)(=O)=O)cc1)NC(C)c1ccc(F)cc1F.I. The molecule has 0 amide bonds. The Morgan fingerprint density at radius 2 is 1.79 bits per heavy atom. The molecule has 160 valence electrons. The zero-order valence-corrected chi connectivity index (χ0v) is 19.7. The molecule has 0 spiro atoms. The van der Waals surface area contributed by atoms with E-state index in [1.807, 2.05) is 6.92 Å². The van der Waals surface area contributed by atoms with Gasteiger partial charge in [0.25, 0.3) is 0 Å². The Morgan fingerprint density at radius 1 is 1.14 bits per heavy atom. The van der Waals surface area contributed by atoms with E-state index in [1.165, 1.54) is 18.4 Å². The molecule has 29 heavy (non-hydrogen) atoms. The third-order valence-corrected chi connectivity index (χ3v) is 5.28. The average Bonchev–Trinajstić information content (AvgIpc) is 2.61. The van der Waals surface area contributed by atoms with Crippen LogP contribution >= 0.6 is 24.0 Å². The molecule has 0 aliphatic rings. The molecule has 0 saturated heterocycles. The molecule has 0 aliphatic heterocycles. The normalized spacial score (nSPS) is 12.8. The molecule has 5 nitrogen and oxygen atoms in total. The Balaban J connectivity index is 0.00000420. The Hall–Kier alpha value is -1.75. The van der Waals surface area contributed by atoms with Crippen molar-refractivity contribution in [3.05, 3.63) is 65.2 Å². The van der Waals surface area contributed by atoms with Crippen LogP contribution in [0, 0.1) is 11.6 Å². The fourth-order valence-corrected chi connectivity index (χ4v) is 3.29. The molecule has 0 fully saturated rings. The van der Waals surface area contributed by atoms with E-state index in [0.29, 0.717) is 31.0 Å². The van der Waals surface area contributed by atoms with Gasteiger partial charge in [-0.1, -0.05) is 18.2 Å². The molecule has 0 aliphatic carbocycles. The highest BCUT2D eigenvalue weighted by Crippen LogP contribution is 2.17. The number of hydrogen-bond acceptors (Lipinski definition) is 3. The standard InChI is InChI=1S/C20H25F2N3O2S.HI/c1-4-23-20(25-14(2)18-10-7-16(21)13-19(18)22)24-12-11-15-5-8-17(9-6-15)28(3,26)27;/h5-10,13-14H,4,11-12H2,1-3H3,(H2,23,24,25);1H. The highest BCUT2D eigenvalue weighted by Gasteiger charge is 2.13.